The van der Waals surface area contributed by atoms with Gasteiger partial charge in [0.25, 0.3) is 0 Å². The molecular formula is C13H27NO2. The Morgan fingerprint density at radius 1 is 1.25 bits per heavy atom. The van der Waals surface area contributed by atoms with E-state index in [-0.39, 0.29) is 12.2 Å². The molecule has 0 heterocycles. The molecule has 1 aliphatic rings. The monoisotopic (exact) mass is 229 g/mol. The summed E-state index contributed by atoms with van der Waals surface area (Å²) in [7, 11) is 0. The molecule has 16 heavy (non-hydrogen) atoms. The van der Waals surface area contributed by atoms with Gasteiger partial charge in [-0.2, -0.15) is 0 Å². The van der Waals surface area contributed by atoms with Gasteiger partial charge in [0.05, 0.1) is 18.3 Å². The first-order valence-electron chi connectivity index (χ1n) is 6.58. The molecule has 0 aromatic carbocycles. The van der Waals surface area contributed by atoms with Crippen molar-refractivity contribution in [2.45, 2.75) is 64.8 Å². The van der Waals surface area contributed by atoms with Gasteiger partial charge in [0.1, 0.15) is 0 Å². The van der Waals surface area contributed by atoms with Gasteiger partial charge in [0.2, 0.25) is 0 Å². The van der Waals surface area contributed by atoms with Gasteiger partial charge in [-0.05, 0) is 38.5 Å². The molecule has 1 saturated carbocycles. The number of nitrogens with two attached hydrogens (primary N) is 1. The van der Waals surface area contributed by atoms with Crippen molar-refractivity contribution in [2.75, 3.05) is 6.54 Å². The largest absolute Gasteiger partial charge is 0.391 e. The topological polar surface area (TPSA) is 55.5 Å². The smallest absolute Gasteiger partial charge is 0.0807 e. The SMILES string of the molecule is CC1CCC(C(CN)OC(C)C(C)O)CC1. The predicted octanol–water partition coefficient (Wildman–Crippen LogP) is 1.93. The van der Waals surface area contributed by atoms with Crippen LogP contribution < -0.4 is 5.73 Å². The molecule has 0 aliphatic heterocycles. The van der Waals surface area contributed by atoms with Crippen molar-refractivity contribution in [1.29, 1.82) is 0 Å². The Balaban J connectivity index is 2.41. The molecule has 96 valence electrons. The van der Waals surface area contributed by atoms with Crippen LogP contribution in [0.4, 0.5) is 0 Å². The summed E-state index contributed by atoms with van der Waals surface area (Å²) >= 11 is 0. The molecule has 0 amide bonds. The minimum absolute atomic E-state index is 0.118. The van der Waals surface area contributed by atoms with Gasteiger partial charge in [-0.1, -0.05) is 19.8 Å². The van der Waals surface area contributed by atoms with Gasteiger partial charge in [-0.25, -0.2) is 0 Å². The van der Waals surface area contributed by atoms with Gasteiger partial charge in [-0.15, -0.1) is 0 Å². The van der Waals surface area contributed by atoms with Gasteiger partial charge < -0.3 is 15.6 Å². The third-order valence-corrected chi connectivity index (χ3v) is 3.89. The fraction of sp³-hybridized carbons (Fsp3) is 1.00. The summed E-state index contributed by atoms with van der Waals surface area (Å²) < 4.78 is 5.86. The van der Waals surface area contributed by atoms with E-state index >= 15 is 0 Å². The van der Waals surface area contributed by atoms with E-state index in [1.165, 1.54) is 25.7 Å². The van der Waals surface area contributed by atoms with E-state index in [1.54, 1.807) is 6.92 Å². The van der Waals surface area contributed by atoms with Crippen LogP contribution in [0.15, 0.2) is 0 Å². The van der Waals surface area contributed by atoms with Crippen LogP contribution in [-0.4, -0.2) is 30.0 Å². The lowest BCUT2D eigenvalue weighted by molar-refractivity contribution is -0.0846. The van der Waals surface area contributed by atoms with E-state index in [2.05, 4.69) is 6.92 Å². The summed E-state index contributed by atoms with van der Waals surface area (Å²) in [5, 5.41) is 9.44. The average molecular weight is 229 g/mol. The Labute approximate surface area is 99.4 Å². The molecule has 3 atom stereocenters. The molecule has 0 saturated heterocycles. The van der Waals surface area contributed by atoms with Crippen molar-refractivity contribution in [2.24, 2.45) is 17.6 Å². The number of hydrogen-bond donors (Lipinski definition) is 2. The highest BCUT2D eigenvalue weighted by Crippen LogP contribution is 2.31. The highest BCUT2D eigenvalue weighted by molar-refractivity contribution is 4.78. The van der Waals surface area contributed by atoms with E-state index in [0.29, 0.717) is 12.5 Å². The van der Waals surface area contributed by atoms with Crippen LogP contribution in [0.3, 0.4) is 0 Å². The molecule has 1 rings (SSSR count). The standard InChI is InChI=1S/C13H27NO2/c1-9-4-6-12(7-5-9)13(8-14)16-11(3)10(2)15/h9-13,15H,4-8,14H2,1-3H3. The lowest BCUT2D eigenvalue weighted by Gasteiger charge is -2.34. The normalized spacial score (nSPS) is 32.1. The quantitative estimate of drug-likeness (QED) is 0.757. The van der Waals surface area contributed by atoms with E-state index in [0.717, 1.165) is 5.92 Å². The Bertz CT molecular complexity index is 188. The van der Waals surface area contributed by atoms with Crippen LogP contribution in [-0.2, 0) is 4.74 Å². The van der Waals surface area contributed by atoms with Crippen LogP contribution in [0.1, 0.15) is 46.5 Å². The van der Waals surface area contributed by atoms with Crippen LogP contribution in [0.2, 0.25) is 0 Å². The average Bonchev–Trinajstić information content (AvgIpc) is 2.26. The number of rotatable bonds is 5. The molecule has 0 spiro atoms. The molecule has 3 unspecified atom stereocenters. The maximum Gasteiger partial charge on any atom is 0.0807 e. The minimum atomic E-state index is -0.420. The van der Waals surface area contributed by atoms with Crippen molar-refractivity contribution in [3.05, 3.63) is 0 Å². The molecule has 0 aromatic rings. The summed E-state index contributed by atoms with van der Waals surface area (Å²) in [4.78, 5) is 0. The first-order valence-corrected chi connectivity index (χ1v) is 6.58. The van der Waals surface area contributed by atoms with Crippen molar-refractivity contribution in [3.63, 3.8) is 0 Å². The van der Waals surface area contributed by atoms with E-state index in [4.69, 9.17) is 10.5 Å². The molecule has 0 aromatic heterocycles. The molecule has 3 heteroatoms. The number of aliphatic hydroxyl groups is 1. The zero-order chi connectivity index (χ0) is 12.1. The van der Waals surface area contributed by atoms with Crippen LogP contribution in [0, 0.1) is 11.8 Å². The fourth-order valence-corrected chi connectivity index (χ4v) is 2.41. The van der Waals surface area contributed by atoms with Gasteiger partial charge >= 0.3 is 0 Å². The summed E-state index contributed by atoms with van der Waals surface area (Å²) in [5.74, 6) is 1.44. The lowest BCUT2D eigenvalue weighted by Crippen LogP contribution is -2.39. The van der Waals surface area contributed by atoms with Crippen LogP contribution in [0.5, 0.6) is 0 Å². The molecule has 3 nitrogen and oxygen atoms in total. The molecule has 3 N–H and O–H groups in total. The van der Waals surface area contributed by atoms with E-state index in [9.17, 15) is 5.11 Å². The first-order chi connectivity index (χ1) is 7.54. The van der Waals surface area contributed by atoms with Gasteiger partial charge in [0, 0.05) is 6.54 Å². The van der Waals surface area contributed by atoms with Crippen LogP contribution >= 0.6 is 0 Å². The summed E-state index contributed by atoms with van der Waals surface area (Å²) in [5.41, 5.74) is 5.78. The maximum absolute atomic E-state index is 9.44. The second-order valence-electron chi connectivity index (χ2n) is 5.38. The Kier molecular flexibility index (Phi) is 5.73. The second-order valence-corrected chi connectivity index (χ2v) is 5.38. The highest BCUT2D eigenvalue weighted by atomic mass is 16.5. The van der Waals surface area contributed by atoms with Crippen molar-refractivity contribution in [3.8, 4) is 0 Å². The molecule has 1 aliphatic carbocycles. The minimum Gasteiger partial charge on any atom is -0.391 e. The Morgan fingerprint density at radius 2 is 1.81 bits per heavy atom. The zero-order valence-corrected chi connectivity index (χ0v) is 10.9. The molecule has 0 bridgehead atoms. The van der Waals surface area contributed by atoms with Crippen molar-refractivity contribution < 1.29 is 9.84 Å². The molecular weight excluding hydrogens is 202 g/mol. The second kappa shape index (κ2) is 6.58. The third kappa shape index (κ3) is 4.04. The zero-order valence-electron chi connectivity index (χ0n) is 10.9. The Morgan fingerprint density at radius 3 is 2.25 bits per heavy atom. The van der Waals surface area contributed by atoms with Crippen LogP contribution in [0.25, 0.3) is 0 Å². The molecule has 0 radical (unpaired) electrons. The Hall–Kier alpha value is -0.120. The molecule has 1 fully saturated rings. The van der Waals surface area contributed by atoms with Crippen molar-refractivity contribution in [1.82, 2.24) is 0 Å². The summed E-state index contributed by atoms with van der Waals surface area (Å²) in [6.45, 7) is 6.56. The summed E-state index contributed by atoms with van der Waals surface area (Å²) in [6, 6.07) is 0. The van der Waals surface area contributed by atoms with E-state index < -0.39 is 6.10 Å². The fourth-order valence-electron chi connectivity index (χ4n) is 2.41. The highest BCUT2D eigenvalue weighted by Gasteiger charge is 2.27. The van der Waals surface area contributed by atoms with E-state index in [1.807, 2.05) is 6.92 Å². The first kappa shape index (κ1) is 13.9. The van der Waals surface area contributed by atoms with Gasteiger partial charge in [0.15, 0.2) is 0 Å². The number of hydrogen-bond acceptors (Lipinski definition) is 3. The summed E-state index contributed by atoms with van der Waals surface area (Å²) in [6.07, 6.45) is 4.59. The maximum atomic E-state index is 9.44. The third-order valence-electron chi connectivity index (χ3n) is 3.89. The number of ether oxygens (including phenoxy) is 1. The van der Waals surface area contributed by atoms with Crippen molar-refractivity contribution >= 4 is 0 Å². The lowest BCUT2D eigenvalue weighted by atomic mass is 9.80. The number of aliphatic hydroxyl groups excluding tert-OH is 1. The predicted molar refractivity (Wildman–Crippen MR) is 66.2 cm³/mol. The van der Waals surface area contributed by atoms with Gasteiger partial charge in [-0.3, -0.25) is 0 Å².